The summed E-state index contributed by atoms with van der Waals surface area (Å²) in [5, 5.41) is 0.708. The topological polar surface area (TPSA) is 64.7 Å². The number of nitrogens with two attached hydrogens (primary N) is 1. The van der Waals surface area contributed by atoms with Crippen molar-refractivity contribution < 1.29 is 0 Å². The Balaban J connectivity index is 2.74. The van der Waals surface area contributed by atoms with E-state index in [0.717, 1.165) is 12.2 Å². The zero-order valence-electron chi connectivity index (χ0n) is 6.32. The van der Waals surface area contributed by atoms with Crippen LogP contribution >= 0.6 is 11.8 Å². The molecule has 0 amide bonds. The first-order valence-electron chi connectivity index (χ1n) is 3.37. The highest BCUT2D eigenvalue weighted by atomic mass is 32.2. The Kier molecular flexibility index (Phi) is 3.25. The van der Waals surface area contributed by atoms with Crippen LogP contribution in [0.15, 0.2) is 11.5 Å². The minimum Gasteiger partial charge on any atom is -0.322 e. The first kappa shape index (κ1) is 8.42. The third-order valence-corrected chi connectivity index (χ3v) is 1.75. The average Bonchev–Trinajstić information content (AvgIpc) is 2.06. The maximum Gasteiger partial charge on any atom is 0.192 e. The predicted octanol–water partition coefficient (Wildman–Crippen LogP) is 0.442. The van der Waals surface area contributed by atoms with Crippen LogP contribution in [0.5, 0.6) is 0 Å². The van der Waals surface area contributed by atoms with Gasteiger partial charge in [0.05, 0.1) is 0 Å². The average molecular weight is 170 g/mol. The van der Waals surface area contributed by atoms with Gasteiger partial charge < -0.3 is 5.73 Å². The molecule has 0 aliphatic carbocycles. The van der Waals surface area contributed by atoms with Gasteiger partial charge in [-0.1, -0.05) is 18.7 Å². The van der Waals surface area contributed by atoms with E-state index >= 15 is 0 Å². The summed E-state index contributed by atoms with van der Waals surface area (Å²) >= 11 is 1.42. The van der Waals surface area contributed by atoms with Gasteiger partial charge in [0, 0.05) is 12.3 Å². The molecule has 0 bridgehead atoms. The standard InChI is InChI=1S/C6H10N4S/c1-2-5-8-4-9-6(10-5)11-3-7/h4H,2-3,7H2,1H3. The Morgan fingerprint density at radius 1 is 1.55 bits per heavy atom. The highest BCUT2D eigenvalue weighted by Gasteiger charge is 1.96. The summed E-state index contributed by atoms with van der Waals surface area (Å²) in [5.74, 6) is 1.32. The number of thioether (sulfide) groups is 1. The molecule has 0 radical (unpaired) electrons. The smallest absolute Gasteiger partial charge is 0.192 e. The Labute approximate surface area is 69.6 Å². The molecule has 0 aromatic carbocycles. The van der Waals surface area contributed by atoms with E-state index in [4.69, 9.17) is 5.73 Å². The molecule has 1 aromatic rings. The maximum absolute atomic E-state index is 5.31. The van der Waals surface area contributed by atoms with E-state index in [-0.39, 0.29) is 0 Å². The third kappa shape index (κ3) is 2.44. The molecule has 0 unspecified atom stereocenters. The molecule has 60 valence electrons. The molecule has 0 saturated heterocycles. The van der Waals surface area contributed by atoms with Crippen molar-refractivity contribution in [1.82, 2.24) is 15.0 Å². The van der Waals surface area contributed by atoms with Crippen molar-refractivity contribution in [2.24, 2.45) is 5.73 Å². The molecule has 0 atom stereocenters. The van der Waals surface area contributed by atoms with Crippen molar-refractivity contribution in [2.45, 2.75) is 18.5 Å². The molecule has 4 nitrogen and oxygen atoms in total. The van der Waals surface area contributed by atoms with Crippen LogP contribution in [0.1, 0.15) is 12.7 Å². The molecule has 0 saturated carbocycles. The lowest BCUT2D eigenvalue weighted by molar-refractivity contribution is 0.814. The van der Waals surface area contributed by atoms with E-state index in [2.05, 4.69) is 15.0 Å². The van der Waals surface area contributed by atoms with Crippen LogP contribution in [0.25, 0.3) is 0 Å². The number of rotatable bonds is 3. The van der Waals surface area contributed by atoms with Gasteiger partial charge in [0.2, 0.25) is 0 Å². The highest BCUT2D eigenvalue weighted by Crippen LogP contribution is 2.07. The van der Waals surface area contributed by atoms with Crippen molar-refractivity contribution in [3.8, 4) is 0 Å². The molecule has 0 spiro atoms. The Hall–Kier alpha value is -0.680. The van der Waals surface area contributed by atoms with Gasteiger partial charge in [0.1, 0.15) is 12.2 Å². The van der Waals surface area contributed by atoms with Gasteiger partial charge >= 0.3 is 0 Å². The second-order valence-corrected chi connectivity index (χ2v) is 2.84. The largest absolute Gasteiger partial charge is 0.322 e. The normalized spacial score (nSPS) is 10.0. The fourth-order valence-corrected chi connectivity index (χ4v) is 1.07. The van der Waals surface area contributed by atoms with E-state index in [0.29, 0.717) is 11.0 Å². The summed E-state index contributed by atoms with van der Waals surface area (Å²) < 4.78 is 0. The molecular formula is C6H10N4S. The van der Waals surface area contributed by atoms with Gasteiger partial charge in [0.25, 0.3) is 0 Å². The number of hydrogen-bond donors (Lipinski definition) is 1. The van der Waals surface area contributed by atoms with Gasteiger partial charge in [-0.2, -0.15) is 0 Å². The summed E-state index contributed by atoms with van der Waals surface area (Å²) in [6.45, 7) is 2.01. The Bertz CT molecular complexity index is 228. The number of aromatic nitrogens is 3. The predicted molar refractivity (Wildman–Crippen MR) is 44.1 cm³/mol. The van der Waals surface area contributed by atoms with Crippen LogP contribution in [0.3, 0.4) is 0 Å². The van der Waals surface area contributed by atoms with Gasteiger partial charge in [0.15, 0.2) is 5.16 Å². The van der Waals surface area contributed by atoms with Crippen LogP contribution in [0.2, 0.25) is 0 Å². The van der Waals surface area contributed by atoms with E-state index in [1.807, 2.05) is 6.92 Å². The zero-order valence-corrected chi connectivity index (χ0v) is 7.14. The Morgan fingerprint density at radius 2 is 2.36 bits per heavy atom. The second kappa shape index (κ2) is 4.25. The maximum atomic E-state index is 5.31. The molecule has 0 aliphatic rings. The summed E-state index contributed by atoms with van der Waals surface area (Å²) in [6.07, 6.45) is 2.35. The molecular weight excluding hydrogens is 160 g/mol. The quantitative estimate of drug-likeness (QED) is 0.527. The second-order valence-electron chi connectivity index (χ2n) is 1.85. The molecule has 5 heteroatoms. The lowest BCUT2D eigenvalue weighted by atomic mass is 10.5. The molecule has 0 aliphatic heterocycles. The molecule has 2 N–H and O–H groups in total. The van der Waals surface area contributed by atoms with E-state index in [1.165, 1.54) is 18.1 Å². The monoisotopic (exact) mass is 170 g/mol. The SMILES string of the molecule is CCc1ncnc(SCN)n1. The summed E-state index contributed by atoms with van der Waals surface area (Å²) in [5.41, 5.74) is 5.31. The van der Waals surface area contributed by atoms with E-state index < -0.39 is 0 Å². The van der Waals surface area contributed by atoms with E-state index in [9.17, 15) is 0 Å². The van der Waals surface area contributed by atoms with Gasteiger partial charge in [-0.05, 0) is 0 Å². The van der Waals surface area contributed by atoms with Crippen LogP contribution in [-0.2, 0) is 6.42 Å². The van der Waals surface area contributed by atoms with Crippen molar-refractivity contribution in [2.75, 3.05) is 5.88 Å². The van der Waals surface area contributed by atoms with Crippen molar-refractivity contribution in [3.63, 3.8) is 0 Å². The number of nitrogens with zero attached hydrogens (tertiary/aromatic N) is 3. The number of aryl methyl sites for hydroxylation is 1. The molecule has 11 heavy (non-hydrogen) atoms. The minimum atomic E-state index is 0.507. The molecule has 1 rings (SSSR count). The highest BCUT2D eigenvalue weighted by molar-refractivity contribution is 7.99. The first-order chi connectivity index (χ1) is 5.36. The molecule has 0 fully saturated rings. The van der Waals surface area contributed by atoms with E-state index in [1.54, 1.807) is 0 Å². The molecule has 1 aromatic heterocycles. The molecule has 1 heterocycles. The first-order valence-corrected chi connectivity index (χ1v) is 4.36. The van der Waals surface area contributed by atoms with Crippen LogP contribution in [-0.4, -0.2) is 20.8 Å². The fraction of sp³-hybridized carbons (Fsp3) is 0.500. The third-order valence-electron chi connectivity index (χ3n) is 1.13. The summed E-state index contributed by atoms with van der Waals surface area (Å²) in [4.78, 5) is 12.0. The number of hydrogen-bond acceptors (Lipinski definition) is 5. The van der Waals surface area contributed by atoms with Crippen molar-refractivity contribution >= 4 is 11.8 Å². The lowest BCUT2D eigenvalue weighted by Crippen LogP contribution is -1.99. The van der Waals surface area contributed by atoms with Crippen LogP contribution < -0.4 is 5.73 Å². The van der Waals surface area contributed by atoms with Gasteiger partial charge in [-0.3, -0.25) is 0 Å². The minimum absolute atomic E-state index is 0.507. The fourth-order valence-electron chi connectivity index (χ4n) is 0.627. The summed E-state index contributed by atoms with van der Waals surface area (Å²) in [7, 11) is 0. The zero-order chi connectivity index (χ0) is 8.10. The lowest BCUT2D eigenvalue weighted by Gasteiger charge is -1.96. The van der Waals surface area contributed by atoms with Crippen molar-refractivity contribution in [1.29, 1.82) is 0 Å². The summed E-state index contributed by atoms with van der Waals surface area (Å²) in [6, 6.07) is 0. The van der Waals surface area contributed by atoms with Gasteiger partial charge in [-0.25, -0.2) is 15.0 Å². The van der Waals surface area contributed by atoms with Gasteiger partial charge in [-0.15, -0.1) is 0 Å². The van der Waals surface area contributed by atoms with Crippen LogP contribution in [0, 0.1) is 0 Å². The Morgan fingerprint density at radius 3 is 3.00 bits per heavy atom. The van der Waals surface area contributed by atoms with Crippen LogP contribution in [0.4, 0.5) is 0 Å². The van der Waals surface area contributed by atoms with Crippen molar-refractivity contribution in [3.05, 3.63) is 12.2 Å².